The summed E-state index contributed by atoms with van der Waals surface area (Å²) >= 11 is 0. The highest BCUT2D eigenvalue weighted by atomic mass is 19.4. The third-order valence-corrected chi connectivity index (χ3v) is 0.901. The lowest BCUT2D eigenvalue weighted by Gasteiger charge is -2.02. The molecule has 0 saturated carbocycles. The van der Waals surface area contributed by atoms with Gasteiger partial charge in [-0.25, -0.2) is 0 Å². The molecule has 0 spiro atoms. The average Bonchev–Trinajstić information content (AvgIpc) is 1.76. The van der Waals surface area contributed by atoms with Gasteiger partial charge in [-0.1, -0.05) is 6.08 Å². The molecule has 0 amide bonds. The van der Waals surface area contributed by atoms with Crippen LogP contribution in [0.5, 0.6) is 0 Å². The molecule has 0 aliphatic carbocycles. The summed E-state index contributed by atoms with van der Waals surface area (Å²) in [4.78, 5) is 0. The van der Waals surface area contributed by atoms with Crippen molar-refractivity contribution in [3.05, 3.63) is 12.2 Å². The predicted molar refractivity (Wildman–Crippen MR) is 30.5 cm³/mol. The lowest BCUT2D eigenvalue weighted by atomic mass is 10.3. The predicted octanol–water partition coefficient (Wildman–Crippen LogP) is 3.45. The van der Waals surface area contributed by atoms with Gasteiger partial charge in [-0.05, 0) is 6.42 Å². The van der Waals surface area contributed by atoms with Crippen LogP contribution in [0.4, 0.5) is 26.3 Å². The Labute approximate surface area is 64.9 Å². The van der Waals surface area contributed by atoms with Gasteiger partial charge in [0.1, 0.15) is 0 Å². The van der Waals surface area contributed by atoms with E-state index in [2.05, 4.69) is 0 Å². The largest absolute Gasteiger partial charge is 0.409 e. The second kappa shape index (κ2) is 3.82. The summed E-state index contributed by atoms with van der Waals surface area (Å²) in [5, 5.41) is 0. The third kappa shape index (κ3) is 9.32. The van der Waals surface area contributed by atoms with Crippen molar-refractivity contribution in [2.75, 3.05) is 0 Å². The van der Waals surface area contributed by atoms with Crippen LogP contribution in [0, 0.1) is 0 Å². The minimum absolute atomic E-state index is 0.196. The second-order valence-electron chi connectivity index (χ2n) is 2.10. The van der Waals surface area contributed by atoms with Crippen LogP contribution in [0.1, 0.15) is 12.8 Å². The summed E-state index contributed by atoms with van der Waals surface area (Å²) in [6.07, 6.45) is -10.5. The smallest absolute Gasteiger partial charge is 0.171 e. The van der Waals surface area contributed by atoms with Gasteiger partial charge in [0.05, 0.1) is 0 Å². The highest BCUT2D eigenvalue weighted by molar-refractivity contribution is 4.88. The van der Waals surface area contributed by atoms with Gasteiger partial charge in [0, 0.05) is 12.5 Å². The first-order chi connectivity index (χ1) is 5.21. The summed E-state index contributed by atoms with van der Waals surface area (Å²) < 4.78 is 68.0. The van der Waals surface area contributed by atoms with E-state index >= 15 is 0 Å². The Hall–Kier alpha value is -0.680. The van der Waals surface area contributed by atoms with E-state index in [4.69, 9.17) is 0 Å². The maximum atomic E-state index is 11.4. The van der Waals surface area contributed by atoms with Gasteiger partial charge < -0.3 is 0 Å². The molecule has 12 heavy (non-hydrogen) atoms. The van der Waals surface area contributed by atoms with Crippen LogP contribution >= 0.6 is 0 Å². The van der Waals surface area contributed by atoms with Gasteiger partial charge in [-0.2, -0.15) is 26.3 Å². The summed E-state index contributed by atoms with van der Waals surface area (Å²) in [7, 11) is 0. The lowest BCUT2D eigenvalue weighted by molar-refractivity contribution is -0.133. The molecule has 0 aromatic carbocycles. The van der Waals surface area contributed by atoms with Gasteiger partial charge in [0.2, 0.25) is 0 Å². The molecule has 0 saturated heterocycles. The topological polar surface area (TPSA) is 0 Å². The average molecular weight is 192 g/mol. The van der Waals surface area contributed by atoms with Crippen molar-refractivity contribution in [2.24, 2.45) is 0 Å². The van der Waals surface area contributed by atoms with E-state index in [9.17, 15) is 26.3 Å². The second-order valence-corrected chi connectivity index (χ2v) is 2.10. The molecule has 0 N–H and O–H groups in total. The van der Waals surface area contributed by atoms with Crippen LogP contribution < -0.4 is 0 Å². The Bertz CT molecular complexity index is 150. The normalized spacial score (nSPS) is 14.2. The quantitative estimate of drug-likeness (QED) is 0.464. The number of hydrogen-bond donors (Lipinski definition) is 0. The van der Waals surface area contributed by atoms with E-state index in [1.807, 2.05) is 0 Å². The monoisotopic (exact) mass is 192 g/mol. The lowest BCUT2D eigenvalue weighted by Crippen LogP contribution is -2.06. The van der Waals surface area contributed by atoms with Gasteiger partial charge in [0.25, 0.3) is 0 Å². The maximum absolute atomic E-state index is 11.4. The fourth-order valence-electron chi connectivity index (χ4n) is 0.464. The Balaban J connectivity index is 3.64. The Morgan fingerprint density at radius 1 is 0.917 bits per heavy atom. The molecule has 0 heterocycles. The zero-order valence-corrected chi connectivity index (χ0v) is 5.84. The molecule has 0 unspecified atom stereocenters. The molecule has 0 atom stereocenters. The van der Waals surface area contributed by atoms with Crippen molar-refractivity contribution in [3.63, 3.8) is 0 Å². The van der Waals surface area contributed by atoms with Gasteiger partial charge in [-0.3, -0.25) is 0 Å². The Morgan fingerprint density at radius 2 is 1.42 bits per heavy atom. The molecular formula is C6H6F6. The molecule has 6 heteroatoms. The van der Waals surface area contributed by atoms with E-state index in [1.54, 1.807) is 0 Å². The van der Waals surface area contributed by atoms with Crippen molar-refractivity contribution in [1.82, 2.24) is 0 Å². The highest BCUT2D eigenvalue weighted by Gasteiger charge is 2.26. The van der Waals surface area contributed by atoms with Gasteiger partial charge in [-0.15, -0.1) is 0 Å². The molecule has 0 aromatic rings. The van der Waals surface area contributed by atoms with Crippen LogP contribution in [-0.4, -0.2) is 12.4 Å². The SMILES string of the molecule is FC(F)(F)C=CCCC(F)(F)F. The fraction of sp³-hybridized carbons (Fsp3) is 0.667. The minimum atomic E-state index is -4.52. The summed E-state index contributed by atoms with van der Waals surface area (Å²) in [6.45, 7) is 0. The van der Waals surface area contributed by atoms with Gasteiger partial charge >= 0.3 is 12.4 Å². The molecule has 72 valence electrons. The summed E-state index contributed by atoms with van der Waals surface area (Å²) in [5.74, 6) is 0. The molecule has 0 bridgehead atoms. The maximum Gasteiger partial charge on any atom is 0.409 e. The summed E-state index contributed by atoms with van der Waals surface area (Å²) in [6, 6.07) is 0. The first-order valence-electron chi connectivity index (χ1n) is 3.02. The molecular weight excluding hydrogens is 186 g/mol. The fourth-order valence-corrected chi connectivity index (χ4v) is 0.464. The van der Waals surface area contributed by atoms with Crippen molar-refractivity contribution < 1.29 is 26.3 Å². The van der Waals surface area contributed by atoms with Crippen molar-refractivity contribution in [3.8, 4) is 0 Å². The molecule has 0 radical (unpaired) electrons. The number of hydrogen-bond acceptors (Lipinski definition) is 0. The summed E-state index contributed by atoms with van der Waals surface area (Å²) in [5.41, 5.74) is 0. The first kappa shape index (κ1) is 11.3. The number of allylic oxidation sites excluding steroid dienone is 2. The van der Waals surface area contributed by atoms with Crippen LogP contribution in [0.2, 0.25) is 0 Å². The van der Waals surface area contributed by atoms with E-state index in [-0.39, 0.29) is 6.08 Å². The number of alkyl halides is 6. The van der Waals surface area contributed by atoms with Crippen LogP contribution in [-0.2, 0) is 0 Å². The van der Waals surface area contributed by atoms with E-state index in [0.717, 1.165) is 0 Å². The Morgan fingerprint density at radius 3 is 1.75 bits per heavy atom. The van der Waals surface area contributed by atoms with Crippen LogP contribution in [0.3, 0.4) is 0 Å². The van der Waals surface area contributed by atoms with E-state index < -0.39 is 25.2 Å². The molecule has 0 aromatic heterocycles. The number of rotatable bonds is 2. The van der Waals surface area contributed by atoms with Crippen molar-refractivity contribution >= 4 is 0 Å². The zero-order chi connectivity index (χ0) is 9.83. The van der Waals surface area contributed by atoms with Crippen molar-refractivity contribution in [1.29, 1.82) is 0 Å². The molecule has 0 aliphatic heterocycles. The van der Waals surface area contributed by atoms with Crippen LogP contribution in [0.15, 0.2) is 12.2 Å². The van der Waals surface area contributed by atoms with Crippen LogP contribution in [0.25, 0.3) is 0 Å². The Kier molecular flexibility index (Phi) is 3.60. The standard InChI is InChI=1S/C6H6F6/c7-5(8,9)3-1-2-4-6(10,11)12/h1,3H,2,4H2. The van der Waals surface area contributed by atoms with Gasteiger partial charge in [0.15, 0.2) is 0 Å². The number of halogens is 6. The van der Waals surface area contributed by atoms with Crippen molar-refractivity contribution in [2.45, 2.75) is 25.2 Å². The molecule has 0 aliphatic rings. The first-order valence-corrected chi connectivity index (χ1v) is 3.02. The third-order valence-electron chi connectivity index (χ3n) is 0.901. The molecule has 0 rings (SSSR count). The van der Waals surface area contributed by atoms with E-state index in [1.165, 1.54) is 0 Å². The van der Waals surface area contributed by atoms with E-state index in [0.29, 0.717) is 6.08 Å². The minimum Gasteiger partial charge on any atom is -0.171 e. The highest BCUT2D eigenvalue weighted by Crippen LogP contribution is 2.22. The zero-order valence-electron chi connectivity index (χ0n) is 5.84. The molecule has 0 nitrogen and oxygen atoms in total. The molecule has 0 fully saturated rings.